The van der Waals surface area contributed by atoms with Gasteiger partial charge in [0.05, 0.1) is 5.69 Å². The molecule has 4 heteroatoms. The predicted octanol–water partition coefficient (Wildman–Crippen LogP) is 3.35. The SMILES string of the molecule is O=C1CC(c2ccccc2)c2ncn(-c3ccccc3)c2N1. The molecule has 1 aliphatic heterocycles. The number of imidazole rings is 1. The standard InChI is InChI=1S/C18H15N3O/c22-16-11-15(13-7-3-1-4-8-13)17-18(20-16)21(12-19-17)14-9-5-2-6-10-14/h1-10,12,15H,11H2,(H,20,22). The zero-order valence-electron chi connectivity index (χ0n) is 11.9. The molecule has 1 N–H and O–H groups in total. The summed E-state index contributed by atoms with van der Waals surface area (Å²) in [5.41, 5.74) is 3.04. The summed E-state index contributed by atoms with van der Waals surface area (Å²) in [6.07, 6.45) is 2.21. The van der Waals surface area contributed by atoms with Crippen LogP contribution in [0.1, 0.15) is 23.6 Å². The molecule has 2 aromatic carbocycles. The molecule has 22 heavy (non-hydrogen) atoms. The molecular formula is C18H15N3O. The van der Waals surface area contributed by atoms with Gasteiger partial charge < -0.3 is 5.32 Å². The summed E-state index contributed by atoms with van der Waals surface area (Å²) in [6.45, 7) is 0. The lowest BCUT2D eigenvalue weighted by Gasteiger charge is -2.23. The van der Waals surface area contributed by atoms with Gasteiger partial charge in [-0.15, -0.1) is 0 Å². The monoisotopic (exact) mass is 289 g/mol. The van der Waals surface area contributed by atoms with Gasteiger partial charge in [0.2, 0.25) is 5.91 Å². The highest BCUT2D eigenvalue weighted by Crippen LogP contribution is 2.36. The molecule has 0 fully saturated rings. The molecule has 0 aliphatic carbocycles. The van der Waals surface area contributed by atoms with Crippen LogP contribution in [0.2, 0.25) is 0 Å². The molecule has 108 valence electrons. The van der Waals surface area contributed by atoms with Crippen molar-refractivity contribution in [3.05, 3.63) is 78.2 Å². The van der Waals surface area contributed by atoms with E-state index in [1.165, 1.54) is 0 Å². The topological polar surface area (TPSA) is 46.9 Å². The van der Waals surface area contributed by atoms with Crippen LogP contribution >= 0.6 is 0 Å². The minimum Gasteiger partial charge on any atom is -0.310 e. The number of rotatable bonds is 2. The zero-order valence-corrected chi connectivity index (χ0v) is 11.9. The Morgan fingerprint density at radius 2 is 1.68 bits per heavy atom. The van der Waals surface area contributed by atoms with Gasteiger partial charge in [-0.3, -0.25) is 9.36 Å². The Balaban J connectivity index is 1.83. The zero-order chi connectivity index (χ0) is 14.9. The van der Waals surface area contributed by atoms with Crippen LogP contribution in [0.5, 0.6) is 0 Å². The highest BCUT2D eigenvalue weighted by Gasteiger charge is 2.30. The minimum absolute atomic E-state index is 0.00918. The molecule has 1 unspecified atom stereocenters. The first-order valence-corrected chi connectivity index (χ1v) is 7.30. The summed E-state index contributed by atoms with van der Waals surface area (Å²) in [4.78, 5) is 16.7. The van der Waals surface area contributed by atoms with Gasteiger partial charge in [-0.25, -0.2) is 4.98 Å². The molecule has 4 rings (SSSR count). The van der Waals surface area contributed by atoms with Gasteiger partial charge in [-0.05, 0) is 17.7 Å². The predicted molar refractivity (Wildman–Crippen MR) is 85.1 cm³/mol. The number of aromatic nitrogens is 2. The van der Waals surface area contributed by atoms with E-state index in [0.29, 0.717) is 6.42 Å². The quantitative estimate of drug-likeness (QED) is 0.786. The number of anilines is 1. The third kappa shape index (κ3) is 2.09. The van der Waals surface area contributed by atoms with Crippen LogP contribution in [0, 0.1) is 0 Å². The van der Waals surface area contributed by atoms with Gasteiger partial charge in [0.25, 0.3) is 0 Å². The number of benzene rings is 2. The highest BCUT2D eigenvalue weighted by atomic mass is 16.1. The second kappa shape index (κ2) is 5.15. The van der Waals surface area contributed by atoms with Crippen LogP contribution in [-0.2, 0) is 4.79 Å². The second-order valence-corrected chi connectivity index (χ2v) is 5.40. The number of fused-ring (bicyclic) bond motifs is 1. The fourth-order valence-corrected chi connectivity index (χ4v) is 2.95. The van der Waals surface area contributed by atoms with Gasteiger partial charge in [-0.2, -0.15) is 0 Å². The molecule has 4 nitrogen and oxygen atoms in total. The Bertz CT molecular complexity index is 809. The molecule has 0 radical (unpaired) electrons. The summed E-state index contributed by atoms with van der Waals surface area (Å²) in [5, 5.41) is 2.97. The van der Waals surface area contributed by atoms with Crippen molar-refractivity contribution in [2.45, 2.75) is 12.3 Å². The molecule has 0 spiro atoms. The second-order valence-electron chi connectivity index (χ2n) is 5.40. The van der Waals surface area contributed by atoms with E-state index < -0.39 is 0 Å². The molecule has 1 atom stereocenters. The molecular weight excluding hydrogens is 274 g/mol. The number of amides is 1. The fraction of sp³-hybridized carbons (Fsp3) is 0.111. The Kier molecular flexibility index (Phi) is 3.00. The Hall–Kier alpha value is -2.88. The van der Waals surface area contributed by atoms with Crippen molar-refractivity contribution in [2.75, 3.05) is 5.32 Å². The summed E-state index contributed by atoms with van der Waals surface area (Å²) in [5.74, 6) is 0.810. The number of nitrogens with zero attached hydrogens (tertiary/aromatic N) is 2. The lowest BCUT2D eigenvalue weighted by atomic mass is 9.90. The van der Waals surface area contributed by atoms with Gasteiger partial charge in [0, 0.05) is 18.0 Å². The summed E-state index contributed by atoms with van der Waals surface area (Å²) in [6, 6.07) is 20.0. The molecule has 3 aromatic rings. The third-order valence-corrected chi connectivity index (χ3v) is 4.01. The van der Waals surface area contributed by atoms with Crippen molar-refractivity contribution in [1.29, 1.82) is 0 Å². The van der Waals surface area contributed by atoms with Crippen LogP contribution in [0.3, 0.4) is 0 Å². The number of carbonyl (C=O) groups excluding carboxylic acids is 1. The molecule has 0 saturated carbocycles. The van der Waals surface area contributed by atoms with E-state index in [2.05, 4.69) is 22.4 Å². The molecule has 1 aliphatic rings. The molecule has 1 amide bonds. The normalized spacial score (nSPS) is 16.9. The highest BCUT2D eigenvalue weighted by molar-refractivity contribution is 5.94. The van der Waals surface area contributed by atoms with Crippen molar-refractivity contribution in [3.63, 3.8) is 0 Å². The smallest absolute Gasteiger partial charge is 0.226 e. The molecule has 0 saturated heterocycles. The van der Waals surface area contributed by atoms with Gasteiger partial charge in [0.1, 0.15) is 12.1 Å². The average molecular weight is 289 g/mol. The first-order chi connectivity index (χ1) is 10.8. The Labute approximate surface area is 128 Å². The maximum Gasteiger partial charge on any atom is 0.226 e. The van der Waals surface area contributed by atoms with E-state index in [0.717, 1.165) is 22.8 Å². The van der Waals surface area contributed by atoms with Gasteiger partial charge in [0.15, 0.2) is 0 Å². The van der Waals surface area contributed by atoms with Crippen molar-refractivity contribution in [1.82, 2.24) is 9.55 Å². The van der Waals surface area contributed by atoms with E-state index in [1.807, 2.05) is 53.1 Å². The Morgan fingerprint density at radius 3 is 2.41 bits per heavy atom. The Morgan fingerprint density at radius 1 is 1.00 bits per heavy atom. The number of hydrogen-bond donors (Lipinski definition) is 1. The average Bonchev–Trinajstić information content (AvgIpc) is 2.99. The molecule has 1 aromatic heterocycles. The lowest BCUT2D eigenvalue weighted by Crippen LogP contribution is -2.24. The maximum atomic E-state index is 12.1. The summed E-state index contributed by atoms with van der Waals surface area (Å²) < 4.78 is 1.93. The van der Waals surface area contributed by atoms with E-state index in [9.17, 15) is 4.79 Å². The van der Waals surface area contributed by atoms with E-state index in [1.54, 1.807) is 6.33 Å². The van der Waals surface area contributed by atoms with Crippen LogP contribution in [0.4, 0.5) is 5.82 Å². The van der Waals surface area contributed by atoms with Crippen molar-refractivity contribution in [2.24, 2.45) is 0 Å². The fourth-order valence-electron chi connectivity index (χ4n) is 2.95. The largest absolute Gasteiger partial charge is 0.310 e. The van der Waals surface area contributed by atoms with Gasteiger partial charge in [-0.1, -0.05) is 48.5 Å². The van der Waals surface area contributed by atoms with Crippen molar-refractivity contribution < 1.29 is 4.79 Å². The first kappa shape index (κ1) is 12.8. The maximum absolute atomic E-state index is 12.1. The molecule has 0 bridgehead atoms. The summed E-state index contributed by atoms with van der Waals surface area (Å²) in [7, 11) is 0. The first-order valence-electron chi connectivity index (χ1n) is 7.30. The number of carbonyl (C=O) groups is 1. The number of para-hydroxylation sites is 1. The van der Waals surface area contributed by atoms with E-state index in [-0.39, 0.29) is 11.8 Å². The van der Waals surface area contributed by atoms with Crippen LogP contribution < -0.4 is 5.32 Å². The minimum atomic E-state index is 0.00918. The van der Waals surface area contributed by atoms with Crippen LogP contribution in [0.25, 0.3) is 5.69 Å². The van der Waals surface area contributed by atoms with Crippen LogP contribution in [0.15, 0.2) is 67.0 Å². The van der Waals surface area contributed by atoms with E-state index in [4.69, 9.17) is 0 Å². The van der Waals surface area contributed by atoms with Gasteiger partial charge >= 0.3 is 0 Å². The summed E-state index contributed by atoms with van der Waals surface area (Å²) >= 11 is 0. The van der Waals surface area contributed by atoms with Crippen LogP contribution in [-0.4, -0.2) is 15.5 Å². The van der Waals surface area contributed by atoms with E-state index >= 15 is 0 Å². The third-order valence-electron chi connectivity index (χ3n) is 4.01. The lowest BCUT2D eigenvalue weighted by molar-refractivity contribution is -0.116. The number of hydrogen-bond acceptors (Lipinski definition) is 2. The number of nitrogens with one attached hydrogen (secondary N) is 1. The molecule has 2 heterocycles. The van der Waals surface area contributed by atoms with Crippen molar-refractivity contribution >= 4 is 11.7 Å². The van der Waals surface area contributed by atoms with Crippen molar-refractivity contribution in [3.8, 4) is 5.69 Å².